The minimum Gasteiger partial charge on any atom is -0.385 e. The number of rotatable bonds is 11. The third-order valence-electron chi connectivity index (χ3n) is 5.06. The molecule has 1 saturated carbocycles. The lowest BCUT2D eigenvalue weighted by Gasteiger charge is -2.24. The van der Waals surface area contributed by atoms with Crippen LogP contribution in [0.1, 0.15) is 43.4 Å². The molecule has 0 aliphatic heterocycles. The fourth-order valence-corrected chi connectivity index (χ4v) is 3.61. The quantitative estimate of drug-likeness (QED) is 0.651. The lowest BCUT2D eigenvalue weighted by molar-refractivity contribution is -0.905. The van der Waals surface area contributed by atoms with E-state index < -0.39 is 6.10 Å². The first kappa shape index (κ1) is 19.1. The molecule has 0 bridgehead atoms. The minimum atomic E-state index is -0.426. The molecule has 140 valence electrons. The molecule has 0 amide bonds. The van der Waals surface area contributed by atoms with Crippen molar-refractivity contribution in [3.05, 3.63) is 71.8 Å². The summed E-state index contributed by atoms with van der Waals surface area (Å²) in [4.78, 5) is 1.52. The molecular weight excluding hydrogens is 322 g/mol. The molecule has 1 fully saturated rings. The number of benzene rings is 2. The summed E-state index contributed by atoms with van der Waals surface area (Å²) in [7, 11) is 0. The van der Waals surface area contributed by atoms with E-state index in [-0.39, 0.29) is 6.10 Å². The molecule has 26 heavy (non-hydrogen) atoms. The Morgan fingerprint density at radius 2 is 1.58 bits per heavy atom. The van der Waals surface area contributed by atoms with Gasteiger partial charge in [0, 0.05) is 5.92 Å². The van der Waals surface area contributed by atoms with Gasteiger partial charge >= 0.3 is 0 Å². The van der Waals surface area contributed by atoms with Gasteiger partial charge in [-0.05, 0) is 30.4 Å². The molecule has 3 heteroatoms. The molecule has 1 aliphatic carbocycles. The average Bonchev–Trinajstić information content (AvgIpc) is 3.48. The summed E-state index contributed by atoms with van der Waals surface area (Å²) in [5, 5.41) is 10.6. The normalized spacial score (nSPS) is 16.6. The molecule has 0 heterocycles. The molecule has 2 atom stereocenters. The second kappa shape index (κ2) is 9.86. The Balaban J connectivity index is 1.60. The van der Waals surface area contributed by atoms with Gasteiger partial charge in [-0.2, -0.15) is 0 Å². The molecule has 0 saturated heterocycles. The lowest BCUT2D eigenvalue weighted by atomic mass is 10.0. The number of aliphatic hydroxyl groups excluding tert-OH is 1. The zero-order valence-electron chi connectivity index (χ0n) is 15.8. The van der Waals surface area contributed by atoms with E-state index >= 15 is 0 Å². The first-order valence-electron chi connectivity index (χ1n) is 9.99. The Kier molecular flexibility index (Phi) is 7.24. The van der Waals surface area contributed by atoms with Crippen molar-refractivity contribution in [2.75, 3.05) is 26.2 Å². The molecule has 1 unspecified atom stereocenters. The van der Waals surface area contributed by atoms with E-state index in [0.29, 0.717) is 6.61 Å². The summed E-state index contributed by atoms with van der Waals surface area (Å²) in [6.07, 6.45) is 3.33. The summed E-state index contributed by atoms with van der Waals surface area (Å²) in [6.45, 7) is 5.70. The van der Waals surface area contributed by atoms with Gasteiger partial charge in [-0.3, -0.25) is 0 Å². The highest BCUT2D eigenvalue weighted by molar-refractivity contribution is 5.29. The van der Waals surface area contributed by atoms with Crippen molar-refractivity contribution < 1.29 is 14.7 Å². The van der Waals surface area contributed by atoms with Gasteiger partial charge in [-0.1, -0.05) is 67.6 Å². The second-order valence-corrected chi connectivity index (χ2v) is 7.54. The van der Waals surface area contributed by atoms with E-state index in [0.717, 1.165) is 36.6 Å². The van der Waals surface area contributed by atoms with Gasteiger partial charge in [-0.25, -0.2) is 0 Å². The van der Waals surface area contributed by atoms with E-state index in [1.165, 1.54) is 24.3 Å². The van der Waals surface area contributed by atoms with Crippen LogP contribution >= 0.6 is 0 Å². The molecule has 1 aliphatic rings. The van der Waals surface area contributed by atoms with E-state index in [1.807, 2.05) is 36.4 Å². The number of nitrogens with one attached hydrogen (secondary N) is 1. The molecule has 2 aromatic rings. The summed E-state index contributed by atoms with van der Waals surface area (Å²) in [5.41, 5.74) is 2.25. The number of aliphatic hydroxyl groups is 1. The fraction of sp³-hybridized carbons (Fsp3) is 0.478. The van der Waals surface area contributed by atoms with Crippen LogP contribution in [-0.4, -0.2) is 37.5 Å². The smallest absolute Gasteiger partial charge is 0.126 e. The zero-order valence-corrected chi connectivity index (χ0v) is 15.8. The molecule has 0 radical (unpaired) electrons. The van der Waals surface area contributed by atoms with Crippen molar-refractivity contribution in [1.29, 1.82) is 0 Å². The maximum Gasteiger partial charge on any atom is 0.126 e. The first-order chi connectivity index (χ1) is 12.8. The van der Waals surface area contributed by atoms with Gasteiger partial charge in [0.05, 0.1) is 19.7 Å². The predicted octanol–water partition coefficient (Wildman–Crippen LogP) is 2.86. The number of ether oxygens (including phenoxy) is 1. The number of hydrogen-bond donors (Lipinski definition) is 2. The van der Waals surface area contributed by atoms with Crippen LogP contribution in [-0.2, 0) is 4.74 Å². The van der Waals surface area contributed by atoms with Crippen LogP contribution in [0.4, 0.5) is 0 Å². The third-order valence-corrected chi connectivity index (χ3v) is 5.06. The summed E-state index contributed by atoms with van der Waals surface area (Å²) in [6, 6.07) is 20.5. The van der Waals surface area contributed by atoms with Gasteiger partial charge in [0.2, 0.25) is 0 Å². The third kappa shape index (κ3) is 5.94. The van der Waals surface area contributed by atoms with Gasteiger partial charge in [-0.15, -0.1) is 0 Å². The maximum atomic E-state index is 10.6. The van der Waals surface area contributed by atoms with Crippen molar-refractivity contribution in [2.24, 2.45) is 5.92 Å². The SMILES string of the molecule is CCC[NH+](CC1CC1)C[C@H](O)COC(c1ccccc1)c1ccccc1. The molecule has 3 nitrogen and oxygen atoms in total. The van der Waals surface area contributed by atoms with Crippen LogP contribution in [0, 0.1) is 5.92 Å². The first-order valence-corrected chi connectivity index (χ1v) is 9.99. The van der Waals surface area contributed by atoms with Gasteiger partial charge in [0.25, 0.3) is 0 Å². The minimum absolute atomic E-state index is 0.134. The fourth-order valence-electron chi connectivity index (χ4n) is 3.61. The molecule has 0 spiro atoms. The van der Waals surface area contributed by atoms with Crippen molar-refractivity contribution in [2.45, 2.75) is 38.4 Å². The van der Waals surface area contributed by atoms with Crippen molar-refractivity contribution >= 4 is 0 Å². The highest BCUT2D eigenvalue weighted by atomic mass is 16.5. The Morgan fingerprint density at radius 1 is 1.00 bits per heavy atom. The largest absolute Gasteiger partial charge is 0.385 e. The summed E-state index contributed by atoms with van der Waals surface area (Å²) >= 11 is 0. The van der Waals surface area contributed by atoms with Crippen LogP contribution in [0.15, 0.2) is 60.7 Å². The van der Waals surface area contributed by atoms with Crippen LogP contribution in [0.5, 0.6) is 0 Å². The second-order valence-electron chi connectivity index (χ2n) is 7.54. The van der Waals surface area contributed by atoms with Crippen molar-refractivity contribution in [3.8, 4) is 0 Å². The summed E-state index contributed by atoms with van der Waals surface area (Å²) < 4.78 is 6.21. The molecule has 2 N–H and O–H groups in total. The monoisotopic (exact) mass is 354 g/mol. The van der Waals surface area contributed by atoms with Crippen LogP contribution in [0.2, 0.25) is 0 Å². The summed E-state index contributed by atoms with van der Waals surface area (Å²) in [5.74, 6) is 0.881. The van der Waals surface area contributed by atoms with Crippen molar-refractivity contribution in [3.63, 3.8) is 0 Å². The van der Waals surface area contributed by atoms with Crippen LogP contribution < -0.4 is 4.90 Å². The van der Waals surface area contributed by atoms with E-state index in [1.54, 1.807) is 0 Å². The van der Waals surface area contributed by atoms with Crippen LogP contribution in [0.3, 0.4) is 0 Å². The Bertz CT molecular complexity index is 588. The van der Waals surface area contributed by atoms with E-state index in [4.69, 9.17) is 4.74 Å². The number of quaternary nitrogens is 1. The lowest BCUT2D eigenvalue weighted by Crippen LogP contribution is -3.13. The Morgan fingerprint density at radius 3 is 2.08 bits per heavy atom. The Labute approximate surface area is 157 Å². The molecule has 0 aromatic heterocycles. The maximum absolute atomic E-state index is 10.6. The van der Waals surface area contributed by atoms with E-state index in [2.05, 4.69) is 31.2 Å². The average molecular weight is 355 g/mol. The van der Waals surface area contributed by atoms with Gasteiger partial charge < -0.3 is 14.7 Å². The van der Waals surface area contributed by atoms with Gasteiger partial charge in [0.15, 0.2) is 0 Å². The number of hydrogen-bond acceptors (Lipinski definition) is 2. The highest BCUT2D eigenvalue weighted by Gasteiger charge is 2.28. The Hall–Kier alpha value is -1.68. The van der Waals surface area contributed by atoms with Crippen molar-refractivity contribution in [1.82, 2.24) is 0 Å². The predicted molar refractivity (Wildman–Crippen MR) is 105 cm³/mol. The topological polar surface area (TPSA) is 33.9 Å². The zero-order chi connectivity index (χ0) is 18.2. The van der Waals surface area contributed by atoms with Gasteiger partial charge in [0.1, 0.15) is 18.8 Å². The van der Waals surface area contributed by atoms with Crippen LogP contribution in [0.25, 0.3) is 0 Å². The molecular formula is C23H32NO2+. The highest BCUT2D eigenvalue weighted by Crippen LogP contribution is 2.27. The molecule has 2 aromatic carbocycles. The van der Waals surface area contributed by atoms with E-state index in [9.17, 15) is 5.11 Å². The standard InChI is InChI=1S/C23H31NO2/c1-2-15-24(16-19-13-14-19)17-22(25)18-26-23(20-9-5-3-6-10-20)21-11-7-4-8-12-21/h3-12,19,22-23,25H,2,13-18H2,1H3/p+1/t22-/m0/s1. The molecule has 3 rings (SSSR count).